The van der Waals surface area contributed by atoms with Crippen LogP contribution in [0.4, 0.5) is 5.69 Å². The molecule has 3 aromatic carbocycles. The first-order valence-electron chi connectivity index (χ1n) is 6.70. The fourth-order valence-corrected chi connectivity index (χ4v) is 2.53. The number of hydrogen-bond acceptors (Lipinski definition) is 1. The van der Waals surface area contributed by atoms with Crippen molar-refractivity contribution >= 4 is 34.0 Å². The van der Waals surface area contributed by atoms with Gasteiger partial charge < -0.3 is 5.32 Å². The Morgan fingerprint density at radius 2 is 1.67 bits per heavy atom. The molecule has 0 aliphatic carbocycles. The van der Waals surface area contributed by atoms with E-state index >= 15 is 0 Å². The van der Waals surface area contributed by atoms with Gasteiger partial charge in [-0.25, -0.2) is 0 Å². The quantitative estimate of drug-likeness (QED) is 0.704. The number of carbonyl (C=O) groups excluding carboxylic acids is 1. The highest BCUT2D eigenvalue weighted by molar-refractivity contribution is 6.30. The number of fused-ring (bicyclic) bond motifs is 1. The number of amides is 1. The first kappa shape index (κ1) is 13.7. The van der Waals surface area contributed by atoms with Crippen LogP contribution in [0, 0.1) is 6.92 Å². The average molecular weight is 296 g/mol. The van der Waals surface area contributed by atoms with Gasteiger partial charge in [-0.1, -0.05) is 48.0 Å². The molecule has 3 heteroatoms. The Balaban J connectivity index is 2.01. The summed E-state index contributed by atoms with van der Waals surface area (Å²) >= 11 is 5.86. The smallest absolute Gasteiger partial charge is 0.256 e. The van der Waals surface area contributed by atoms with Crippen molar-refractivity contribution in [2.45, 2.75) is 6.92 Å². The van der Waals surface area contributed by atoms with Crippen LogP contribution in [0.5, 0.6) is 0 Å². The molecule has 3 rings (SSSR count). The molecule has 1 amide bonds. The number of halogens is 1. The molecule has 0 spiro atoms. The number of rotatable bonds is 2. The molecule has 0 atom stereocenters. The molecule has 104 valence electrons. The van der Waals surface area contributed by atoms with Gasteiger partial charge >= 0.3 is 0 Å². The molecule has 0 heterocycles. The minimum Gasteiger partial charge on any atom is -0.322 e. The van der Waals surface area contributed by atoms with Gasteiger partial charge in [0.05, 0.1) is 5.56 Å². The Morgan fingerprint density at radius 3 is 2.43 bits per heavy atom. The van der Waals surface area contributed by atoms with E-state index in [9.17, 15) is 4.79 Å². The van der Waals surface area contributed by atoms with Gasteiger partial charge in [-0.05, 0) is 47.5 Å². The van der Waals surface area contributed by atoms with Gasteiger partial charge in [-0.15, -0.1) is 0 Å². The van der Waals surface area contributed by atoms with Crippen molar-refractivity contribution in [3.8, 4) is 0 Å². The summed E-state index contributed by atoms with van der Waals surface area (Å²) in [5.41, 5.74) is 2.40. The Morgan fingerprint density at radius 1 is 0.952 bits per heavy atom. The van der Waals surface area contributed by atoms with E-state index in [1.807, 2.05) is 43.3 Å². The van der Waals surface area contributed by atoms with Crippen molar-refractivity contribution in [3.63, 3.8) is 0 Å². The zero-order valence-electron chi connectivity index (χ0n) is 11.6. The van der Waals surface area contributed by atoms with Crippen molar-refractivity contribution in [3.05, 3.63) is 76.8 Å². The maximum absolute atomic E-state index is 12.6. The molecule has 0 aliphatic heterocycles. The standard InChI is InChI=1S/C18H14ClNO/c1-12-6-7-13-4-2-3-5-16(13)17(12)18(21)20-15-10-8-14(19)9-11-15/h2-11H,1H3,(H,20,21). The first-order chi connectivity index (χ1) is 10.1. The summed E-state index contributed by atoms with van der Waals surface area (Å²) in [6.07, 6.45) is 0. The lowest BCUT2D eigenvalue weighted by molar-refractivity contribution is 0.102. The third-order valence-electron chi connectivity index (χ3n) is 3.47. The molecule has 3 aromatic rings. The summed E-state index contributed by atoms with van der Waals surface area (Å²) < 4.78 is 0. The number of anilines is 1. The van der Waals surface area contributed by atoms with Crippen LogP contribution in [0.3, 0.4) is 0 Å². The van der Waals surface area contributed by atoms with Crippen LogP contribution in [0.15, 0.2) is 60.7 Å². The van der Waals surface area contributed by atoms with Crippen LogP contribution in [0.25, 0.3) is 10.8 Å². The molecule has 1 N–H and O–H groups in total. The molecule has 0 saturated heterocycles. The SMILES string of the molecule is Cc1ccc2ccccc2c1C(=O)Nc1ccc(Cl)cc1. The van der Waals surface area contributed by atoms with E-state index in [0.29, 0.717) is 10.6 Å². The maximum atomic E-state index is 12.6. The monoisotopic (exact) mass is 295 g/mol. The summed E-state index contributed by atoms with van der Waals surface area (Å²) in [5.74, 6) is -0.105. The molecule has 0 unspecified atom stereocenters. The van der Waals surface area contributed by atoms with Gasteiger partial charge in [0.1, 0.15) is 0 Å². The van der Waals surface area contributed by atoms with E-state index in [-0.39, 0.29) is 5.91 Å². The number of hydrogen-bond donors (Lipinski definition) is 1. The van der Waals surface area contributed by atoms with Crippen molar-refractivity contribution in [2.24, 2.45) is 0 Å². The molecule has 21 heavy (non-hydrogen) atoms. The summed E-state index contributed by atoms with van der Waals surface area (Å²) in [5, 5.41) is 5.59. The van der Waals surface area contributed by atoms with Crippen LogP contribution in [-0.4, -0.2) is 5.91 Å². The second-order valence-electron chi connectivity index (χ2n) is 4.94. The lowest BCUT2D eigenvalue weighted by atomic mass is 9.99. The number of aryl methyl sites for hydroxylation is 1. The minimum atomic E-state index is -0.105. The van der Waals surface area contributed by atoms with Gasteiger partial charge in [0, 0.05) is 10.7 Å². The van der Waals surface area contributed by atoms with Crippen molar-refractivity contribution < 1.29 is 4.79 Å². The second kappa shape index (κ2) is 5.58. The fraction of sp³-hybridized carbons (Fsp3) is 0.0556. The van der Waals surface area contributed by atoms with E-state index in [2.05, 4.69) is 5.32 Å². The predicted molar refractivity (Wildman–Crippen MR) is 88.1 cm³/mol. The summed E-state index contributed by atoms with van der Waals surface area (Å²) in [4.78, 5) is 12.6. The van der Waals surface area contributed by atoms with Gasteiger partial charge in [0.25, 0.3) is 5.91 Å². The van der Waals surface area contributed by atoms with Crippen LogP contribution >= 0.6 is 11.6 Å². The Kier molecular flexibility index (Phi) is 3.63. The van der Waals surface area contributed by atoms with Gasteiger partial charge in [0.15, 0.2) is 0 Å². The maximum Gasteiger partial charge on any atom is 0.256 e. The number of carbonyl (C=O) groups is 1. The highest BCUT2D eigenvalue weighted by Crippen LogP contribution is 2.23. The third kappa shape index (κ3) is 2.76. The van der Waals surface area contributed by atoms with Crippen LogP contribution in [0.2, 0.25) is 5.02 Å². The van der Waals surface area contributed by atoms with Crippen molar-refractivity contribution in [1.29, 1.82) is 0 Å². The second-order valence-corrected chi connectivity index (χ2v) is 5.38. The highest BCUT2D eigenvalue weighted by atomic mass is 35.5. The van der Waals surface area contributed by atoms with E-state index in [4.69, 9.17) is 11.6 Å². The molecule has 0 saturated carbocycles. The van der Waals surface area contributed by atoms with Gasteiger partial charge in [-0.3, -0.25) is 4.79 Å². The molecule has 0 fully saturated rings. The topological polar surface area (TPSA) is 29.1 Å². The van der Waals surface area contributed by atoms with Gasteiger partial charge in [0.2, 0.25) is 0 Å². The lowest BCUT2D eigenvalue weighted by Crippen LogP contribution is -2.13. The van der Waals surface area contributed by atoms with Crippen molar-refractivity contribution in [1.82, 2.24) is 0 Å². The first-order valence-corrected chi connectivity index (χ1v) is 7.08. The number of nitrogens with one attached hydrogen (secondary N) is 1. The number of benzene rings is 3. The Bertz CT molecular complexity index is 809. The van der Waals surface area contributed by atoms with Crippen LogP contribution in [0.1, 0.15) is 15.9 Å². The predicted octanol–water partition coefficient (Wildman–Crippen LogP) is 5.05. The van der Waals surface area contributed by atoms with Crippen molar-refractivity contribution in [2.75, 3.05) is 5.32 Å². The lowest BCUT2D eigenvalue weighted by Gasteiger charge is -2.11. The van der Waals surface area contributed by atoms with E-state index in [1.165, 1.54) is 0 Å². The highest BCUT2D eigenvalue weighted by Gasteiger charge is 2.13. The van der Waals surface area contributed by atoms with E-state index in [0.717, 1.165) is 22.0 Å². The molecule has 0 aromatic heterocycles. The van der Waals surface area contributed by atoms with Crippen LogP contribution in [-0.2, 0) is 0 Å². The molecular formula is C18H14ClNO. The largest absolute Gasteiger partial charge is 0.322 e. The molecule has 0 aliphatic rings. The average Bonchev–Trinajstić information content (AvgIpc) is 2.49. The molecule has 0 radical (unpaired) electrons. The molecule has 0 bridgehead atoms. The zero-order chi connectivity index (χ0) is 14.8. The minimum absolute atomic E-state index is 0.105. The third-order valence-corrected chi connectivity index (χ3v) is 3.72. The summed E-state index contributed by atoms with van der Waals surface area (Å²) in [6, 6.07) is 19.0. The summed E-state index contributed by atoms with van der Waals surface area (Å²) in [7, 11) is 0. The molecular weight excluding hydrogens is 282 g/mol. The summed E-state index contributed by atoms with van der Waals surface area (Å²) in [6.45, 7) is 1.95. The molecule has 2 nitrogen and oxygen atoms in total. The normalized spacial score (nSPS) is 10.6. The Hall–Kier alpha value is -2.32. The van der Waals surface area contributed by atoms with E-state index < -0.39 is 0 Å². The Labute approximate surface area is 128 Å². The van der Waals surface area contributed by atoms with Crippen LogP contribution < -0.4 is 5.32 Å². The zero-order valence-corrected chi connectivity index (χ0v) is 12.3. The van der Waals surface area contributed by atoms with E-state index in [1.54, 1.807) is 24.3 Å². The van der Waals surface area contributed by atoms with Gasteiger partial charge in [-0.2, -0.15) is 0 Å². The fourth-order valence-electron chi connectivity index (χ4n) is 2.41.